The first kappa shape index (κ1) is 22.3. The summed E-state index contributed by atoms with van der Waals surface area (Å²) in [6, 6.07) is 5.51. The molecule has 2 atom stereocenters. The maximum atomic E-state index is 12.4. The van der Waals surface area contributed by atoms with Crippen molar-refractivity contribution in [2.45, 2.75) is 56.3 Å². The minimum atomic E-state index is -0.0622. The lowest BCUT2D eigenvalue weighted by atomic mass is 9.94. The van der Waals surface area contributed by atoms with Crippen LogP contribution >= 0.6 is 35.0 Å². The highest BCUT2D eigenvalue weighted by molar-refractivity contribution is 7.99. The van der Waals surface area contributed by atoms with Crippen molar-refractivity contribution >= 4 is 40.9 Å². The number of rotatable bonds is 10. The molecule has 7 nitrogen and oxygen atoms in total. The number of halogens is 2. The Morgan fingerprint density at radius 3 is 3.03 bits per heavy atom. The summed E-state index contributed by atoms with van der Waals surface area (Å²) in [5.41, 5.74) is 1.01. The van der Waals surface area contributed by atoms with Gasteiger partial charge < -0.3 is 10.1 Å². The van der Waals surface area contributed by atoms with Crippen LogP contribution in [0.25, 0.3) is 0 Å². The van der Waals surface area contributed by atoms with Gasteiger partial charge in [0.25, 0.3) is 0 Å². The smallest absolute Gasteiger partial charge is 0.230 e. The summed E-state index contributed by atoms with van der Waals surface area (Å²) >= 11 is 13.7. The van der Waals surface area contributed by atoms with E-state index >= 15 is 0 Å². The SMILES string of the molecule is CCC[C@H](CNC(=O)CSc1nnnn1C[C@H]1CCCO1)c1ccc(Cl)cc1Cl. The van der Waals surface area contributed by atoms with Gasteiger partial charge in [-0.15, -0.1) is 5.10 Å². The summed E-state index contributed by atoms with van der Waals surface area (Å²) in [6.45, 7) is 4.04. The molecule has 158 valence electrons. The van der Waals surface area contributed by atoms with Crippen LogP contribution < -0.4 is 5.32 Å². The van der Waals surface area contributed by atoms with Gasteiger partial charge in [0, 0.05) is 29.1 Å². The maximum absolute atomic E-state index is 12.4. The molecule has 0 radical (unpaired) electrons. The molecule has 0 unspecified atom stereocenters. The van der Waals surface area contributed by atoms with Crippen LogP contribution in [0, 0.1) is 0 Å². The predicted octanol–water partition coefficient (Wildman–Crippen LogP) is 3.95. The number of nitrogens with one attached hydrogen (secondary N) is 1. The topological polar surface area (TPSA) is 81.9 Å². The standard InChI is InChI=1S/C19H25Cl2N5O2S/c1-2-4-13(16-7-6-14(20)9-17(16)21)10-22-18(27)12-29-19-23-24-25-26(19)11-15-5-3-8-28-15/h6-7,9,13,15H,2-5,8,10-12H2,1H3,(H,22,27)/t13-,15-/m1/s1. The summed E-state index contributed by atoms with van der Waals surface area (Å²) in [5, 5.41) is 16.6. The van der Waals surface area contributed by atoms with Crippen molar-refractivity contribution < 1.29 is 9.53 Å². The second kappa shape index (κ2) is 11.2. The molecule has 0 bridgehead atoms. The lowest BCUT2D eigenvalue weighted by molar-refractivity contribution is -0.118. The van der Waals surface area contributed by atoms with Gasteiger partial charge in [-0.25, -0.2) is 4.68 Å². The molecule has 0 spiro atoms. The summed E-state index contributed by atoms with van der Waals surface area (Å²) in [6.07, 6.45) is 4.14. The highest BCUT2D eigenvalue weighted by Crippen LogP contribution is 2.30. The van der Waals surface area contributed by atoms with E-state index in [0.29, 0.717) is 28.3 Å². The molecule has 3 rings (SSSR count). The van der Waals surface area contributed by atoms with Gasteiger partial charge in [0.1, 0.15) is 0 Å². The number of nitrogens with zero attached hydrogens (tertiary/aromatic N) is 4. The van der Waals surface area contributed by atoms with Crippen LogP contribution in [0.1, 0.15) is 44.1 Å². The van der Waals surface area contributed by atoms with E-state index in [1.54, 1.807) is 10.7 Å². The van der Waals surface area contributed by atoms with E-state index in [1.807, 2.05) is 12.1 Å². The lowest BCUT2D eigenvalue weighted by Crippen LogP contribution is -2.30. The van der Waals surface area contributed by atoms with Crippen molar-refractivity contribution in [1.82, 2.24) is 25.5 Å². The van der Waals surface area contributed by atoms with Crippen LogP contribution in [0.15, 0.2) is 23.4 Å². The molecule has 2 heterocycles. The summed E-state index contributed by atoms with van der Waals surface area (Å²) in [4.78, 5) is 12.4. The zero-order valence-corrected chi connectivity index (χ0v) is 18.6. The fraction of sp³-hybridized carbons (Fsp3) is 0.579. The molecule has 1 aromatic carbocycles. The largest absolute Gasteiger partial charge is 0.376 e. The first-order valence-electron chi connectivity index (χ1n) is 9.79. The van der Waals surface area contributed by atoms with Gasteiger partial charge in [-0.05, 0) is 47.4 Å². The first-order chi connectivity index (χ1) is 14.1. The Kier molecular flexibility index (Phi) is 8.59. The van der Waals surface area contributed by atoms with E-state index in [0.717, 1.165) is 37.9 Å². The number of hydrogen-bond acceptors (Lipinski definition) is 6. The average Bonchev–Trinajstić information content (AvgIpc) is 3.36. The van der Waals surface area contributed by atoms with Crippen LogP contribution in [0.5, 0.6) is 0 Å². The number of tetrazole rings is 1. The highest BCUT2D eigenvalue weighted by Gasteiger charge is 2.20. The zero-order chi connectivity index (χ0) is 20.6. The van der Waals surface area contributed by atoms with E-state index < -0.39 is 0 Å². The van der Waals surface area contributed by atoms with Gasteiger partial charge in [0.2, 0.25) is 11.1 Å². The molecule has 1 N–H and O–H groups in total. The van der Waals surface area contributed by atoms with E-state index in [2.05, 4.69) is 27.8 Å². The molecule has 10 heteroatoms. The van der Waals surface area contributed by atoms with E-state index in [1.165, 1.54) is 11.8 Å². The first-order valence-corrected chi connectivity index (χ1v) is 11.5. The molecule has 1 fully saturated rings. The van der Waals surface area contributed by atoms with Crippen LogP contribution in [0.2, 0.25) is 10.0 Å². The van der Waals surface area contributed by atoms with Crippen LogP contribution in [0.3, 0.4) is 0 Å². The summed E-state index contributed by atoms with van der Waals surface area (Å²) in [7, 11) is 0. The van der Waals surface area contributed by atoms with E-state index in [9.17, 15) is 4.79 Å². The van der Waals surface area contributed by atoms with Gasteiger partial charge in [-0.1, -0.05) is 54.4 Å². The average molecular weight is 458 g/mol. The number of carbonyl (C=O) groups is 1. The zero-order valence-electron chi connectivity index (χ0n) is 16.3. The molecule has 1 aromatic heterocycles. The Morgan fingerprint density at radius 1 is 1.45 bits per heavy atom. The van der Waals surface area contributed by atoms with Crippen molar-refractivity contribution in [2.75, 3.05) is 18.9 Å². The molecule has 1 aliphatic heterocycles. The number of ether oxygens (including phenoxy) is 1. The van der Waals surface area contributed by atoms with Crippen molar-refractivity contribution in [3.05, 3.63) is 33.8 Å². The Hall–Kier alpha value is -1.35. The number of benzene rings is 1. The highest BCUT2D eigenvalue weighted by atomic mass is 35.5. The number of amides is 1. The quantitative estimate of drug-likeness (QED) is 0.543. The molecule has 0 aliphatic carbocycles. The summed E-state index contributed by atoms with van der Waals surface area (Å²) < 4.78 is 7.34. The van der Waals surface area contributed by atoms with Crippen molar-refractivity contribution in [1.29, 1.82) is 0 Å². The van der Waals surface area contributed by atoms with Crippen molar-refractivity contribution in [2.24, 2.45) is 0 Å². The van der Waals surface area contributed by atoms with E-state index in [-0.39, 0.29) is 23.7 Å². The second-order valence-corrected chi connectivity index (χ2v) is 8.81. The van der Waals surface area contributed by atoms with Crippen LogP contribution in [-0.4, -0.2) is 51.1 Å². The molecular formula is C19H25Cl2N5O2S. The molecule has 2 aromatic rings. The Bertz CT molecular complexity index is 814. The fourth-order valence-corrected chi connectivity index (χ4v) is 4.64. The second-order valence-electron chi connectivity index (χ2n) is 7.02. The third-order valence-corrected chi connectivity index (χ3v) is 6.34. The minimum Gasteiger partial charge on any atom is -0.376 e. The maximum Gasteiger partial charge on any atom is 0.230 e. The van der Waals surface area contributed by atoms with Crippen LogP contribution in [-0.2, 0) is 16.1 Å². The molecule has 1 aliphatic rings. The molecular weight excluding hydrogens is 433 g/mol. The number of thioether (sulfide) groups is 1. The third kappa shape index (κ3) is 6.57. The van der Waals surface area contributed by atoms with Crippen LogP contribution in [0.4, 0.5) is 0 Å². The lowest BCUT2D eigenvalue weighted by Gasteiger charge is -2.19. The van der Waals surface area contributed by atoms with Crippen molar-refractivity contribution in [3.8, 4) is 0 Å². The molecule has 0 saturated carbocycles. The predicted molar refractivity (Wildman–Crippen MR) is 115 cm³/mol. The Morgan fingerprint density at radius 2 is 2.31 bits per heavy atom. The van der Waals surface area contributed by atoms with Gasteiger partial charge in [0.05, 0.1) is 18.4 Å². The van der Waals surface area contributed by atoms with Gasteiger partial charge in [-0.2, -0.15) is 0 Å². The number of aromatic nitrogens is 4. The van der Waals surface area contributed by atoms with Gasteiger partial charge in [0.15, 0.2) is 0 Å². The minimum absolute atomic E-state index is 0.0622. The molecule has 1 amide bonds. The monoisotopic (exact) mass is 457 g/mol. The van der Waals surface area contributed by atoms with Crippen molar-refractivity contribution in [3.63, 3.8) is 0 Å². The number of carbonyl (C=O) groups excluding carboxylic acids is 1. The Labute approximate surface area is 184 Å². The Balaban J connectivity index is 1.50. The van der Waals surface area contributed by atoms with E-state index in [4.69, 9.17) is 27.9 Å². The van der Waals surface area contributed by atoms with Gasteiger partial charge >= 0.3 is 0 Å². The molecule has 1 saturated heterocycles. The number of hydrogen-bond donors (Lipinski definition) is 1. The normalized spacial score (nSPS) is 17.4. The third-order valence-electron chi connectivity index (χ3n) is 4.82. The fourth-order valence-electron chi connectivity index (χ4n) is 3.36. The molecule has 29 heavy (non-hydrogen) atoms. The van der Waals surface area contributed by atoms with Gasteiger partial charge in [-0.3, -0.25) is 4.79 Å². The summed E-state index contributed by atoms with van der Waals surface area (Å²) in [5.74, 6) is 0.329.